The molecule has 2 aliphatic rings. The Bertz CT molecular complexity index is 1060. The van der Waals surface area contributed by atoms with Crippen molar-refractivity contribution in [3.63, 3.8) is 0 Å². The third-order valence-corrected chi connectivity index (χ3v) is 5.48. The largest absolute Gasteiger partial charge is 0.486 e. The standard InChI is InChI=1S/C20H21FN4O3/c21-13-3-4-17-18(10-13)28-15(12-27-17)11-24-8-5-14(6-9-24)25-19-16(23-20(25)26)2-1-7-22-19/h1-4,7,10,14-15H,5-6,8-9,11-12H2,(H,23,26). The van der Waals surface area contributed by atoms with E-state index >= 15 is 0 Å². The van der Waals surface area contributed by atoms with Crippen LogP contribution in [0.5, 0.6) is 11.5 Å². The zero-order chi connectivity index (χ0) is 19.1. The van der Waals surface area contributed by atoms with Gasteiger partial charge in [0.05, 0.1) is 5.52 Å². The molecule has 1 N–H and O–H groups in total. The molecular weight excluding hydrogens is 363 g/mol. The van der Waals surface area contributed by atoms with Crippen molar-refractivity contribution in [2.75, 3.05) is 26.2 Å². The maximum Gasteiger partial charge on any atom is 0.327 e. The minimum absolute atomic E-state index is 0.102. The molecule has 2 aromatic heterocycles. The fourth-order valence-corrected chi connectivity index (χ4v) is 4.12. The van der Waals surface area contributed by atoms with E-state index in [1.165, 1.54) is 12.1 Å². The first-order valence-electron chi connectivity index (χ1n) is 9.54. The number of likely N-dealkylation sites (tertiary alicyclic amines) is 1. The number of hydrogen-bond acceptors (Lipinski definition) is 5. The van der Waals surface area contributed by atoms with E-state index in [9.17, 15) is 9.18 Å². The monoisotopic (exact) mass is 384 g/mol. The third kappa shape index (κ3) is 3.13. The average Bonchev–Trinajstić information content (AvgIpc) is 3.04. The van der Waals surface area contributed by atoms with Crippen molar-refractivity contribution in [2.24, 2.45) is 0 Å². The minimum atomic E-state index is -0.332. The zero-order valence-corrected chi connectivity index (χ0v) is 15.3. The highest BCUT2D eigenvalue weighted by Gasteiger charge is 2.28. The lowest BCUT2D eigenvalue weighted by Gasteiger charge is -2.35. The van der Waals surface area contributed by atoms with Crippen LogP contribution >= 0.6 is 0 Å². The number of H-pyrrole nitrogens is 1. The summed E-state index contributed by atoms with van der Waals surface area (Å²) in [6, 6.07) is 8.15. The van der Waals surface area contributed by atoms with Gasteiger partial charge in [-0.3, -0.25) is 9.47 Å². The van der Waals surface area contributed by atoms with E-state index in [0.29, 0.717) is 30.3 Å². The molecule has 0 saturated carbocycles. The van der Waals surface area contributed by atoms with Crippen LogP contribution in [0.2, 0.25) is 0 Å². The number of nitrogens with zero attached hydrogens (tertiary/aromatic N) is 3. The lowest BCUT2D eigenvalue weighted by molar-refractivity contribution is 0.0481. The number of pyridine rings is 1. The van der Waals surface area contributed by atoms with Gasteiger partial charge in [0, 0.05) is 37.9 Å². The maximum absolute atomic E-state index is 13.4. The lowest BCUT2D eigenvalue weighted by Crippen LogP contribution is -2.45. The van der Waals surface area contributed by atoms with E-state index < -0.39 is 0 Å². The number of rotatable bonds is 3. The number of benzene rings is 1. The Hall–Kier alpha value is -2.87. The Morgan fingerprint density at radius 3 is 2.93 bits per heavy atom. The molecule has 3 aromatic rings. The highest BCUT2D eigenvalue weighted by molar-refractivity contribution is 5.70. The zero-order valence-electron chi connectivity index (χ0n) is 15.3. The molecule has 1 unspecified atom stereocenters. The summed E-state index contributed by atoms with van der Waals surface area (Å²) in [4.78, 5) is 21.9. The van der Waals surface area contributed by atoms with Crippen LogP contribution in [0.25, 0.3) is 11.2 Å². The number of aromatic nitrogens is 3. The van der Waals surface area contributed by atoms with Gasteiger partial charge in [0.15, 0.2) is 17.1 Å². The van der Waals surface area contributed by atoms with Gasteiger partial charge in [0.25, 0.3) is 0 Å². The lowest BCUT2D eigenvalue weighted by atomic mass is 10.0. The van der Waals surface area contributed by atoms with Gasteiger partial charge in [0.1, 0.15) is 18.5 Å². The number of aromatic amines is 1. The summed E-state index contributed by atoms with van der Waals surface area (Å²) >= 11 is 0. The van der Waals surface area contributed by atoms with Gasteiger partial charge in [0.2, 0.25) is 0 Å². The molecule has 0 aliphatic carbocycles. The molecule has 5 rings (SSSR count). The maximum atomic E-state index is 13.4. The molecule has 8 heteroatoms. The van der Waals surface area contributed by atoms with E-state index in [1.807, 2.05) is 12.1 Å². The molecular formula is C20H21FN4O3. The van der Waals surface area contributed by atoms with Crippen LogP contribution in [0.1, 0.15) is 18.9 Å². The average molecular weight is 384 g/mol. The summed E-state index contributed by atoms with van der Waals surface area (Å²) in [5.74, 6) is 0.715. The fourth-order valence-electron chi connectivity index (χ4n) is 4.12. The minimum Gasteiger partial charge on any atom is -0.486 e. The van der Waals surface area contributed by atoms with E-state index in [1.54, 1.807) is 16.8 Å². The van der Waals surface area contributed by atoms with E-state index in [4.69, 9.17) is 9.47 Å². The third-order valence-electron chi connectivity index (χ3n) is 5.48. The van der Waals surface area contributed by atoms with E-state index in [0.717, 1.165) is 31.4 Å². The first-order valence-corrected chi connectivity index (χ1v) is 9.54. The Kier molecular flexibility index (Phi) is 4.27. The second-order valence-corrected chi connectivity index (χ2v) is 7.35. The number of hydrogen-bond donors (Lipinski definition) is 1. The molecule has 146 valence electrons. The van der Waals surface area contributed by atoms with Crippen LogP contribution in [-0.2, 0) is 0 Å². The molecule has 1 atom stereocenters. The van der Waals surface area contributed by atoms with Crippen molar-refractivity contribution in [1.29, 1.82) is 0 Å². The highest BCUT2D eigenvalue weighted by atomic mass is 19.1. The highest BCUT2D eigenvalue weighted by Crippen LogP contribution is 2.33. The van der Waals surface area contributed by atoms with Crippen molar-refractivity contribution in [3.05, 3.63) is 52.8 Å². The van der Waals surface area contributed by atoms with Crippen molar-refractivity contribution in [3.8, 4) is 11.5 Å². The topological polar surface area (TPSA) is 72.4 Å². The van der Waals surface area contributed by atoms with Crippen LogP contribution in [-0.4, -0.2) is 51.8 Å². The molecule has 1 fully saturated rings. The Labute approximate surface area is 160 Å². The molecule has 0 radical (unpaired) electrons. The molecule has 1 aromatic carbocycles. The SMILES string of the molecule is O=c1[nH]c2cccnc2n1C1CCN(CC2COc3ccc(F)cc3O2)CC1. The molecule has 2 aliphatic heterocycles. The van der Waals surface area contributed by atoms with Gasteiger partial charge in [-0.15, -0.1) is 0 Å². The fraction of sp³-hybridized carbons (Fsp3) is 0.400. The smallest absolute Gasteiger partial charge is 0.327 e. The first kappa shape index (κ1) is 17.2. The number of imidazole rings is 1. The number of ether oxygens (including phenoxy) is 2. The molecule has 7 nitrogen and oxygen atoms in total. The predicted molar refractivity (Wildman–Crippen MR) is 101 cm³/mol. The van der Waals surface area contributed by atoms with Gasteiger partial charge >= 0.3 is 5.69 Å². The molecule has 28 heavy (non-hydrogen) atoms. The van der Waals surface area contributed by atoms with Gasteiger partial charge in [-0.2, -0.15) is 0 Å². The van der Waals surface area contributed by atoms with Crippen molar-refractivity contribution in [2.45, 2.75) is 25.0 Å². The van der Waals surface area contributed by atoms with Gasteiger partial charge in [-0.1, -0.05) is 0 Å². The Balaban J connectivity index is 1.23. The van der Waals surface area contributed by atoms with Gasteiger partial charge in [-0.25, -0.2) is 14.2 Å². The molecule has 0 amide bonds. The Morgan fingerprint density at radius 2 is 2.07 bits per heavy atom. The van der Waals surface area contributed by atoms with Crippen LogP contribution in [0.3, 0.4) is 0 Å². The summed E-state index contributed by atoms with van der Waals surface area (Å²) in [7, 11) is 0. The Morgan fingerprint density at radius 1 is 1.21 bits per heavy atom. The number of piperidine rings is 1. The summed E-state index contributed by atoms with van der Waals surface area (Å²) in [6.45, 7) is 2.87. The molecule has 1 saturated heterocycles. The van der Waals surface area contributed by atoms with Gasteiger partial charge < -0.3 is 14.5 Å². The van der Waals surface area contributed by atoms with Crippen LogP contribution in [0.4, 0.5) is 4.39 Å². The van der Waals surface area contributed by atoms with Crippen LogP contribution < -0.4 is 15.2 Å². The van der Waals surface area contributed by atoms with E-state index in [2.05, 4.69) is 14.9 Å². The number of halogens is 1. The second kappa shape index (κ2) is 6.94. The molecule has 0 bridgehead atoms. The van der Waals surface area contributed by atoms with Gasteiger partial charge in [-0.05, 0) is 37.1 Å². The normalized spacial score (nSPS) is 20.5. The van der Waals surface area contributed by atoms with Crippen molar-refractivity contribution in [1.82, 2.24) is 19.4 Å². The second-order valence-electron chi connectivity index (χ2n) is 7.35. The summed E-state index contributed by atoms with van der Waals surface area (Å²) in [5.41, 5.74) is 1.39. The first-order chi connectivity index (χ1) is 13.7. The van der Waals surface area contributed by atoms with E-state index in [-0.39, 0.29) is 23.7 Å². The summed E-state index contributed by atoms with van der Waals surface area (Å²) in [5, 5.41) is 0. The quantitative estimate of drug-likeness (QED) is 0.751. The number of nitrogens with one attached hydrogen (secondary N) is 1. The number of fused-ring (bicyclic) bond motifs is 2. The summed E-state index contributed by atoms with van der Waals surface area (Å²) < 4.78 is 26.8. The molecule has 4 heterocycles. The van der Waals surface area contributed by atoms with Crippen molar-refractivity contribution >= 4 is 11.2 Å². The molecule has 0 spiro atoms. The van der Waals surface area contributed by atoms with Crippen LogP contribution in [0.15, 0.2) is 41.3 Å². The van der Waals surface area contributed by atoms with Crippen LogP contribution in [0, 0.1) is 5.82 Å². The summed E-state index contributed by atoms with van der Waals surface area (Å²) in [6.07, 6.45) is 3.30. The predicted octanol–water partition coefficient (Wildman–Crippen LogP) is 2.34. The van der Waals surface area contributed by atoms with Crippen molar-refractivity contribution < 1.29 is 13.9 Å².